The molecular weight excluding hydrogens is 164 g/mol. The summed E-state index contributed by atoms with van der Waals surface area (Å²) in [5, 5.41) is 0. The fourth-order valence-corrected chi connectivity index (χ4v) is 0.895. The van der Waals surface area contributed by atoms with Crippen molar-refractivity contribution in [3.8, 4) is 5.88 Å². The Hall–Kier alpha value is -1.25. The van der Waals surface area contributed by atoms with Crippen LogP contribution in [0.1, 0.15) is 25.8 Å². The van der Waals surface area contributed by atoms with E-state index >= 15 is 0 Å². The zero-order valence-corrected chi connectivity index (χ0v) is 8.37. The fourth-order valence-electron chi connectivity index (χ4n) is 0.895. The van der Waals surface area contributed by atoms with Gasteiger partial charge in [0.15, 0.2) is 0 Å². The van der Waals surface area contributed by atoms with E-state index in [9.17, 15) is 0 Å². The minimum Gasteiger partial charge on any atom is -0.475 e. The van der Waals surface area contributed by atoms with Crippen LogP contribution in [-0.4, -0.2) is 11.1 Å². The number of nitrogens with two attached hydrogens (primary N) is 1. The molecule has 0 radical (unpaired) electrons. The van der Waals surface area contributed by atoms with Gasteiger partial charge in [0.25, 0.3) is 0 Å². The van der Waals surface area contributed by atoms with Crippen molar-refractivity contribution in [3.63, 3.8) is 0 Å². The van der Waals surface area contributed by atoms with Crippen LogP contribution in [0.15, 0.2) is 12.3 Å². The molecule has 0 aliphatic rings. The number of rotatable bonds is 3. The molecule has 1 atom stereocenters. The van der Waals surface area contributed by atoms with Crippen molar-refractivity contribution in [2.24, 2.45) is 0 Å². The molecule has 1 aromatic heterocycles. The molecule has 0 fully saturated rings. The van der Waals surface area contributed by atoms with Crippen molar-refractivity contribution in [1.29, 1.82) is 0 Å². The van der Waals surface area contributed by atoms with E-state index in [0.29, 0.717) is 11.6 Å². The Morgan fingerprint density at radius 1 is 1.62 bits per heavy atom. The fraction of sp³-hybridized carbons (Fsp3) is 0.500. The van der Waals surface area contributed by atoms with Crippen LogP contribution in [0.3, 0.4) is 0 Å². The van der Waals surface area contributed by atoms with E-state index in [1.165, 1.54) is 0 Å². The highest BCUT2D eigenvalue weighted by molar-refractivity contribution is 5.45. The van der Waals surface area contributed by atoms with Gasteiger partial charge in [-0.15, -0.1) is 0 Å². The average molecular weight is 180 g/mol. The number of hydrogen-bond acceptors (Lipinski definition) is 3. The summed E-state index contributed by atoms with van der Waals surface area (Å²) in [5.74, 6) is 0.654. The molecule has 1 aromatic rings. The van der Waals surface area contributed by atoms with E-state index in [2.05, 4.69) is 11.9 Å². The number of nitrogen functional groups attached to an aromatic ring is 1. The molecule has 0 aromatic carbocycles. The molecule has 0 amide bonds. The maximum absolute atomic E-state index is 5.63. The minimum absolute atomic E-state index is 0.204. The highest BCUT2D eigenvalue weighted by Crippen LogP contribution is 2.16. The van der Waals surface area contributed by atoms with Crippen LogP contribution in [0.2, 0.25) is 0 Å². The second-order valence-corrected chi connectivity index (χ2v) is 3.22. The number of ether oxygens (including phenoxy) is 1. The molecule has 72 valence electrons. The van der Waals surface area contributed by atoms with Gasteiger partial charge >= 0.3 is 0 Å². The molecule has 0 bridgehead atoms. The lowest BCUT2D eigenvalue weighted by Crippen LogP contribution is -2.11. The number of aromatic nitrogens is 1. The number of aryl methyl sites for hydroxylation is 1. The van der Waals surface area contributed by atoms with Crippen molar-refractivity contribution in [2.45, 2.75) is 33.3 Å². The lowest BCUT2D eigenvalue weighted by atomic mass is 10.2. The molecule has 0 spiro atoms. The number of pyridine rings is 1. The molecule has 1 rings (SSSR count). The molecule has 2 N–H and O–H groups in total. The van der Waals surface area contributed by atoms with Gasteiger partial charge in [-0.05, 0) is 25.8 Å². The molecule has 0 saturated carbocycles. The number of anilines is 1. The molecule has 1 unspecified atom stereocenters. The largest absolute Gasteiger partial charge is 0.475 e. The van der Waals surface area contributed by atoms with Crippen molar-refractivity contribution in [2.75, 3.05) is 5.73 Å². The van der Waals surface area contributed by atoms with Gasteiger partial charge in [-0.25, -0.2) is 4.98 Å². The minimum atomic E-state index is 0.204. The van der Waals surface area contributed by atoms with E-state index in [1.807, 2.05) is 19.9 Å². The second-order valence-electron chi connectivity index (χ2n) is 3.22. The van der Waals surface area contributed by atoms with Crippen molar-refractivity contribution < 1.29 is 4.74 Å². The van der Waals surface area contributed by atoms with E-state index < -0.39 is 0 Å². The Morgan fingerprint density at radius 3 is 2.85 bits per heavy atom. The van der Waals surface area contributed by atoms with Gasteiger partial charge in [-0.3, -0.25) is 0 Å². The molecule has 13 heavy (non-hydrogen) atoms. The third-order valence-electron chi connectivity index (χ3n) is 2.02. The first-order chi connectivity index (χ1) is 6.13. The van der Waals surface area contributed by atoms with Gasteiger partial charge in [0, 0.05) is 6.07 Å². The third kappa shape index (κ3) is 2.61. The van der Waals surface area contributed by atoms with Crippen LogP contribution in [0.5, 0.6) is 5.88 Å². The van der Waals surface area contributed by atoms with E-state index in [4.69, 9.17) is 10.5 Å². The molecule has 3 heteroatoms. The maximum Gasteiger partial charge on any atom is 0.213 e. The summed E-state index contributed by atoms with van der Waals surface area (Å²) < 4.78 is 5.53. The summed E-state index contributed by atoms with van der Waals surface area (Å²) in [6.45, 7) is 6.04. The zero-order valence-electron chi connectivity index (χ0n) is 8.37. The van der Waals surface area contributed by atoms with Gasteiger partial charge < -0.3 is 10.5 Å². The average Bonchev–Trinajstić information content (AvgIpc) is 2.11. The number of hydrogen-bond donors (Lipinski definition) is 1. The first kappa shape index (κ1) is 9.84. The van der Waals surface area contributed by atoms with Crippen LogP contribution in [0.25, 0.3) is 0 Å². The van der Waals surface area contributed by atoms with Crippen LogP contribution in [0, 0.1) is 6.92 Å². The van der Waals surface area contributed by atoms with Crippen molar-refractivity contribution in [1.82, 2.24) is 4.98 Å². The van der Waals surface area contributed by atoms with Gasteiger partial charge in [0.05, 0.1) is 18.0 Å². The molecular formula is C10H16N2O. The Bertz CT molecular complexity index is 286. The van der Waals surface area contributed by atoms with Gasteiger partial charge in [-0.2, -0.15) is 0 Å². The summed E-state index contributed by atoms with van der Waals surface area (Å²) in [5.41, 5.74) is 7.35. The lowest BCUT2D eigenvalue weighted by molar-refractivity contribution is 0.208. The highest BCUT2D eigenvalue weighted by Gasteiger charge is 2.03. The predicted molar refractivity (Wildman–Crippen MR) is 53.8 cm³/mol. The third-order valence-corrected chi connectivity index (χ3v) is 2.02. The van der Waals surface area contributed by atoms with Crippen molar-refractivity contribution >= 4 is 5.69 Å². The Balaban J connectivity index is 2.73. The van der Waals surface area contributed by atoms with Gasteiger partial charge in [0.2, 0.25) is 5.88 Å². The molecule has 3 nitrogen and oxygen atoms in total. The summed E-state index contributed by atoms with van der Waals surface area (Å²) in [7, 11) is 0. The standard InChI is InChI=1S/C10H16N2O/c1-4-8(3)13-10-5-7(2)9(11)6-12-10/h5-6,8H,4,11H2,1-3H3. The van der Waals surface area contributed by atoms with Crippen LogP contribution in [-0.2, 0) is 0 Å². The molecule has 1 heterocycles. The Kier molecular flexibility index (Phi) is 3.12. The summed E-state index contributed by atoms with van der Waals surface area (Å²) in [6, 6.07) is 1.86. The normalized spacial score (nSPS) is 12.5. The second kappa shape index (κ2) is 4.12. The Morgan fingerprint density at radius 2 is 2.31 bits per heavy atom. The Labute approximate surface area is 78.9 Å². The van der Waals surface area contributed by atoms with Crippen LogP contribution in [0.4, 0.5) is 5.69 Å². The summed E-state index contributed by atoms with van der Waals surface area (Å²) >= 11 is 0. The quantitative estimate of drug-likeness (QED) is 0.775. The number of nitrogens with zero attached hydrogens (tertiary/aromatic N) is 1. The highest BCUT2D eigenvalue weighted by atomic mass is 16.5. The molecule has 0 aliphatic heterocycles. The summed E-state index contributed by atoms with van der Waals surface area (Å²) in [4.78, 5) is 4.08. The van der Waals surface area contributed by atoms with Crippen molar-refractivity contribution in [3.05, 3.63) is 17.8 Å². The first-order valence-electron chi connectivity index (χ1n) is 4.52. The lowest BCUT2D eigenvalue weighted by Gasteiger charge is -2.12. The molecule has 0 aliphatic carbocycles. The summed E-state index contributed by atoms with van der Waals surface area (Å²) in [6.07, 6.45) is 2.81. The van der Waals surface area contributed by atoms with Gasteiger partial charge in [0.1, 0.15) is 0 Å². The zero-order chi connectivity index (χ0) is 9.84. The van der Waals surface area contributed by atoms with Crippen LogP contribution < -0.4 is 10.5 Å². The smallest absolute Gasteiger partial charge is 0.213 e. The van der Waals surface area contributed by atoms with E-state index in [-0.39, 0.29) is 6.10 Å². The predicted octanol–water partition coefficient (Wildman–Crippen LogP) is 2.15. The topological polar surface area (TPSA) is 48.1 Å². The van der Waals surface area contributed by atoms with Crippen LogP contribution >= 0.6 is 0 Å². The maximum atomic E-state index is 5.63. The van der Waals surface area contributed by atoms with E-state index in [1.54, 1.807) is 6.20 Å². The SMILES string of the molecule is CCC(C)Oc1cc(C)c(N)cn1. The van der Waals surface area contributed by atoms with E-state index in [0.717, 1.165) is 12.0 Å². The first-order valence-corrected chi connectivity index (χ1v) is 4.52. The molecule has 0 saturated heterocycles. The monoisotopic (exact) mass is 180 g/mol. The van der Waals surface area contributed by atoms with Gasteiger partial charge in [-0.1, -0.05) is 6.92 Å².